The Morgan fingerprint density at radius 1 is 1.20 bits per heavy atom. The molecule has 30 heavy (non-hydrogen) atoms. The first-order valence-corrected chi connectivity index (χ1v) is 10.1. The Hall–Kier alpha value is -3.48. The van der Waals surface area contributed by atoms with E-state index in [1.165, 1.54) is 0 Å². The number of anilines is 1. The molecule has 1 aromatic heterocycles. The minimum atomic E-state index is -0.622. The number of nitrogens with one attached hydrogen (secondary N) is 2. The topological polar surface area (TPSA) is 91.0 Å². The number of H-pyrrole nitrogens is 1. The number of para-hydroxylation sites is 1. The van der Waals surface area contributed by atoms with Gasteiger partial charge < -0.3 is 10.2 Å². The zero-order valence-corrected chi connectivity index (χ0v) is 16.9. The zero-order chi connectivity index (χ0) is 20.9. The van der Waals surface area contributed by atoms with Crippen molar-refractivity contribution in [3.63, 3.8) is 0 Å². The van der Waals surface area contributed by atoms with Crippen LogP contribution in [0.2, 0.25) is 0 Å². The number of likely N-dealkylation sites (N-methyl/N-ethyl adjacent to an activating group) is 1. The quantitative estimate of drug-likeness (QED) is 0.703. The molecule has 2 aliphatic rings. The maximum absolute atomic E-state index is 13.2. The summed E-state index contributed by atoms with van der Waals surface area (Å²) < 4.78 is 0. The Balaban J connectivity index is 1.36. The van der Waals surface area contributed by atoms with E-state index in [1.807, 2.05) is 48.5 Å². The second-order valence-corrected chi connectivity index (χ2v) is 8.39. The highest BCUT2D eigenvalue weighted by Crippen LogP contribution is 2.64. The molecule has 152 valence electrons. The number of aromatic nitrogens is 3. The molecular formula is C23H23N5O2. The van der Waals surface area contributed by atoms with Crippen molar-refractivity contribution < 1.29 is 9.59 Å². The predicted molar refractivity (Wildman–Crippen MR) is 112 cm³/mol. The third-order valence-corrected chi connectivity index (χ3v) is 6.42. The number of aromatic amines is 1. The second kappa shape index (κ2) is 6.79. The van der Waals surface area contributed by atoms with Gasteiger partial charge >= 0.3 is 0 Å². The van der Waals surface area contributed by atoms with E-state index in [2.05, 4.69) is 33.5 Å². The van der Waals surface area contributed by atoms with Gasteiger partial charge in [-0.15, -0.1) is 5.10 Å². The zero-order valence-electron chi connectivity index (χ0n) is 16.9. The summed E-state index contributed by atoms with van der Waals surface area (Å²) in [6.45, 7) is 2.06. The van der Waals surface area contributed by atoms with Gasteiger partial charge in [-0.3, -0.25) is 14.7 Å². The largest absolute Gasteiger partial charge is 0.337 e. The molecule has 0 saturated heterocycles. The first kappa shape index (κ1) is 18.5. The molecule has 0 bridgehead atoms. The summed E-state index contributed by atoms with van der Waals surface area (Å²) in [5.41, 5.74) is 2.84. The van der Waals surface area contributed by atoms with Gasteiger partial charge in [0, 0.05) is 24.6 Å². The SMILES string of the molecule is CN1C(=O)[C@@H](NC(=O)c2n[nH]c(Cc3ccccc3)n2)C2(C)C[C@H]2c2ccccc21. The van der Waals surface area contributed by atoms with Gasteiger partial charge in [0.05, 0.1) is 0 Å². The average Bonchev–Trinajstić information content (AvgIpc) is 3.24. The highest BCUT2D eigenvalue weighted by atomic mass is 16.2. The van der Waals surface area contributed by atoms with Crippen LogP contribution in [0.15, 0.2) is 54.6 Å². The maximum Gasteiger partial charge on any atom is 0.291 e. The average molecular weight is 401 g/mol. The summed E-state index contributed by atoms with van der Waals surface area (Å²) in [6, 6.07) is 17.2. The molecule has 7 nitrogen and oxygen atoms in total. The Bertz CT molecular complexity index is 1130. The molecule has 5 rings (SSSR count). The van der Waals surface area contributed by atoms with E-state index in [1.54, 1.807) is 11.9 Å². The normalized spacial score (nSPS) is 24.6. The summed E-state index contributed by atoms with van der Waals surface area (Å²) in [6.07, 6.45) is 1.42. The number of benzene rings is 2. The minimum Gasteiger partial charge on any atom is -0.337 e. The van der Waals surface area contributed by atoms with Gasteiger partial charge in [-0.05, 0) is 29.5 Å². The second-order valence-electron chi connectivity index (χ2n) is 8.39. The lowest BCUT2D eigenvalue weighted by molar-refractivity contribution is -0.121. The van der Waals surface area contributed by atoms with Gasteiger partial charge in [-0.25, -0.2) is 4.98 Å². The van der Waals surface area contributed by atoms with E-state index in [4.69, 9.17) is 0 Å². The highest BCUT2D eigenvalue weighted by Gasteiger charge is 2.61. The van der Waals surface area contributed by atoms with Crippen LogP contribution in [0, 0.1) is 5.41 Å². The van der Waals surface area contributed by atoms with E-state index in [-0.39, 0.29) is 23.1 Å². The van der Waals surface area contributed by atoms with Crippen molar-refractivity contribution in [2.45, 2.75) is 31.7 Å². The molecule has 3 atom stereocenters. The Labute approximate surface area is 174 Å². The summed E-state index contributed by atoms with van der Waals surface area (Å²) in [4.78, 5) is 32.1. The molecule has 1 unspecified atom stereocenters. The van der Waals surface area contributed by atoms with Crippen LogP contribution < -0.4 is 10.2 Å². The number of fused-ring (bicyclic) bond motifs is 3. The molecule has 0 radical (unpaired) electrons. The number of carbonyl (C=O) groups is 2. The monoisotopic (exact) mass is 401 g/mol. The fraction of sp³-hybridized carbons (Fsp3) is 0.304. The molecule has 1 saturated carbocycles. The van der Waals surface area contributed by atoms with Crippen molar-refractivity contribution >= 4 is 17.5 Å². The van der Waals surface area contributed by atoms with Gasteiger partial charge in [0.15, 0.2) is 0 Å². The number of carbonyl (C=O) groups excluding carboxylic acids is 2. The molecule has 1 fully saturated rings. The maximum atomic E-state index is 13.2. The summed E-state index contributed by atoms with van der Waals surface area (Å²) in [7, 11) is 1.76. The van der Waals surface area contributed by atoms with E-state index in [0.717, 1.165) is 23.2 Å². The van der Waals surface area contributed by atoms with Gasteiger partial charge in [-0.1, -0.05) is 55.5 Å². The van der Waals surface area contributed by atoms with E-state index in [0.29, 0.717) is 12.2 Å². The van der Waals surface area contributed by atoms with Crippen LogP contribution in [0.25, 0.3) is 0 Å². The van der Waals surface area contributed by atoms with Gasteiger partial charge in [0.1, 0.15) is 11.9 Å². The molecule has 2 amide bonds. The molecule has 0 spiro atoms. The standard InChI is InChI=1S/C23H23N5O2/c1-23-13-16(23)15-10-6-7-11-17(15)28(2)22(30)19(23)25-21(29)20-24-18(26-27-20)12-14-8-4-3-5-9-14/h3-11,16,19H,12-13H2,1-2H3,(H,25,29)(H,24,26,27)/t16-,19+,23?/m0/s1. The lowest BCUT2D eigenvalue weighted by Gasteiger charge is -2.26. The fourth-order valence-electron chi connectivity index (χ4n) is 4.53. The van der Waals surface area contributed by atoms with E-state index in [9.17, 15) is 9.59 Å². The van der Waals surface area contributed by atoms with Crippen molar-refractivity contribution in [2.75, 3.05) is 11.9 Å². The lowest BCUT2D eigenvalue weighted by Crippen LogP contribution is -2.51. The van der Waals surface area contributed by atoms with Crippen LogP contribution in [-0.4, -0.2) is 40.1 Å². The molecule has 2 N–H and O–H groups in total. The molecule has 2 aromatic carbocycles. The van der Waals surface area contributed by atoms with Crippen LogP contribution in [0.4, 0.5) is 5.69 Å². The minimum absolute atomic E-state index is 0.0546. The fourth-order valence-corrected chi connectivity index (χ4v) is 4.53. The first-order chi connectivity index (χ1) is 14.5. The Morgan fingerprint density at radius 2 is 1.93 bits per heavy atom. The highest BCUT2D eigenvalue weighted by molar-refractivity contribution is 6.03. The summed E-state index contributed by atoms with van der Waals surface area (Å²) >= 11 is 0. The van der Waals surface area contributed by atoms with Gasteiger partial charge in [-0.2, -0.15) is 0 Å². The molecule has 7 heteroatoms. The predicted octanol–water partition coefficient (Wildman–Crippen LogP) is 2.66. The smallest absolute Gasteiger partial charge is 0.291 e. The number of nitrogens with zero attached hydrogens (tertiary/aromatic N) is 3. The number of rotatable bonds is 4. The molecule has 1 aliphatic heterocycles. The third-order valence-electron chi connectivity index (χ3n) is 6.42. The number of amides is 2. The van der Waals surface area contributed by atoms with Crippen LogP contribution in [0.5, 0.6) is 0 Å². The van der Waals surface area contributed by atoms with E-state index < -0.39 is 11.9 Å². The van der Waals surface area contributed by atoms with Crippen LogP contribution in [0.1, 0.15) is 46.8 Å². The van der Waals surface area contributed by atoms with Gasteiger partial charge in [0.25, 0.3) is 5.91 Å². The first-order valence-electron chi connectivity index (χ1n) is 10.1. The Morgan fingerprint density at radius 3 is 2.73 bits per heavy atom. The number of hydrogen-bond donors (Lipinski definition) is 2. The van der Waals surface area contributed by atoms with Crippen molar-refractivity contribution in [1.82, 2.24) is 20.5 Å². The Kier molecular flexibility index (Phi) is 4.20. The lowest BCUT2D eigenvalue weighted by atomic mass is 9.93. The van der Waals surface area contributed by atoms with Crippen molar-refractivity contribution in [1.29, 1.82) is 0 Å². The molecule has 1 aliphatic carbocycles. The van der Waals surface area contributed by atoms with E-state index >= 15 is 0 Å². The molecule has 2 heterocycles. The third kappa shape index (κ3) is 2.98. The van der Waals surface area contributed by atoms with Crippen LogP contribution in [-0.2, 0) is 11.2 Å². The summed E-state index contributed by atoms with van der Waals surface area (Å²) in [5, 5.41) is 9.83. The van der Waals surface area contributed by atoms with Gasteiger partial charge in [0.2, 0.25) is 11.7 Å². The van der Waals surface area contributed by atoms with Crippen molar-refractivity contribution in [2.24, 2.45) is 5.41 Å². The molecular weight excluding hydrogens is 378 g/mol. The van der Waals surface area contributed by atoms with Crippen molar-refractivity contribution in [3.05, 3.63) is 77.4 Å². The summed E-state index contributed by atoms with van der Waals surface area (Å²) in [5.74, 6) is 0.361. The van der Waals surface area contributed by atoms with Crippen LogP contribution >= 0.6 is 0 Å². The van der Waals surface area contributed by atoms with Crippen molar-refractivity contribution in [3.8, 4) is 0 Å². The van der Waals surface area contributed by atoms with Crippen LogP contribution in [0.3, 0.4) is 0 Å². The molecule has 3 aromatic rings. The number of hydrogen-bond acceptors (Lipinski definition) is 4.